The molecule has 43 heavy (non-hydrogen) atoms. The van der Waals surface area contributed by atoms with Crippen molar-refractivity contribution < 1.29 is 38.7 Å². The summed E-state index contributed by atoms with van der Waals surface area (Å²) < 4.78 is 221. The average Bonchev–Trinajstić information content (AvgIpc) is 3.71. The fraction of sp³-hybridized carbons (Fsp3) is 0. The first-order chi connectivity index (χ1) is 31.7. The molecule has 0 saturated heterocycles. The summed E-state index contributed by atoms with van der Waals surface area (Å²) in [6, 6.07) is -22.0. The van der Waals surface area contributed by atoms with Crippen molar-refractivity contribution in [1.29, 1.82) is 0 Å². The van der Waals surface area contributed by atoms with E-state index in [1.807, 2.05) is 0 Å². The Bertz CT molecular complexity index is 3380. The van der Waals surface area contributed by atoms with Gasteiger partial charge in [0.2, 0.25) is 0 Å². The van der Waals surface area contributed by atoms with Gasteiger partial charge in [-0.1, -0.05) is 139 Å². The van der Waals surface area contributed by atoms with E-state index in [2.05, 4.69) is 15.0 Å². The zero-order valence-electron chi connectivity index (χ0n) is 46.2. The molecule has 0 aliphatic rings. The fourth-order valence-electron chi connectivity index (χ4n) is 4.09. The van der Waals surface area contributed by atoms with Crippen LogP contribution in [0.5, 0.6) is 0 Å². The van der Waals surface area contributed by atoms with E-state index >= 15 is 0 Å². The van der Waals surface area contributed by atoms with E-state index < -0.39 is 229 Å². The van der Waals surface area contributed by atoms with Gasteiger partial charge in [-0.3, -0.25) is 0 Å². The molecule has 202 valence electrons. The summed E-state index contributed by atoms with van der Waals surface area (Å²) in [7, 11) is 0. The molecule has 8 rings (SSSR count). The SMILES string of the molecule is [2H]c1c([2H])c([2H])c(-c2c([2H])c([2H])c(-c3nc(-c4c([2H])c([2H])c(-c5c([2H])c([2H])c([2H])c([2H])c5[2H])c([2H])c4[2H])nc(-c4c([2H])c([2H])c([2H])c5oc6c([2H])c([2H])c([2H])c([2H])c6c45)n3)c([2H])c2[2H])c([2H])c1[2H]. The predicted octanol–water partition coefficient (Wildman–Crippen LogP) is 10.1. The van der Waals surface area contributed by atoms with Crippen LogP contribution in [0.15, 0.2) is 155 Å². The third kappa shape index (κ3) is 4.65. The smallest absolute Gasteiger partial charge is 0.164 e. The number of furan rings is 1. The van der Waals surface area contributed by atoms with E-state index in [1.165, 1.54) is 0 Å². The average molecular weight is 577 g/mol. The Kier molecular flexibility index (Phi) is 2.48. The Morgan fingerprint density at radius 3 is 1.40 bits per heavy atom. The summed E-state index contributed by atoms with van der Waals surface area (Å²) in [6.07, 6.45) is 0. The zero-order valence-corrected chi connectivity index (χ0v) is 21.2. The van der Waals surface area contributed by atoms with Crippen molar-refractivity contribution >= 4 is 21.9 Å². The normalized spacial score (nSPS) is 19.4. The summed E-state index contributed by atoms with van der Waals surface area (Å²) in [6.45, 7) is 0. The largest absolute Gasteiger partial charge is 0.456 e. The molecule has 0 aliphatic heterocycles. The van der Waals surface area contributed by atoms with Gasteiger partial charge in [0.1, 0.15) is 11.2 Å². The van der Waals surface area contributed by atoms with Gasteiger partial charge in [0.25, 0.3) is 0 Å². The zero-order chi connectivity index (χ0) is 50.3. The highest BCUT2D eigenvalue weighted by molar-refractivity contribution is 6.11. The first-order valence-electron chi connectivity index (χ1n) is 24.7. The van der Waals surface area contributed by atoms with Crippen molar-refractivity contribution in [2.45, 2.75) is 0 Å². The summed E-state index contributed by atoms with van der Waals surface area (Å²) >= 11 is 0. The van der Waals surface area contributed by atoms with Crippen molar-refractivity contribution in [3.05, 3.63) is 151 Å². The Hall–Kier alpha value is -5.87. The van der Waals surface area contributed by atoms with Gasteiger partial charge >= 0.3 is 0 Å². The van der Waals surface area contributed by atoms with E-state index in [4.69, 9.17) is 38.7 Å². The molecule has 0 aliphatic carbocycles. The van der Waals surface area contributed by atoms with Crippen molar-refractivity contribution in [2.24, 2.45) is 0 Å². The topological polar surface area (TPSA) is 51.8 Å². The first-order valence-corrected chi connectivity index (χ1v) is 12.2. The van der Waals surface area contributed by atoms with Gasteiger partial charge in [-0.25, -0.2) is 15.0 Å². The Morgan fingerprint density at radius 2 is 0.814 bits per heavy atom. The van der Waals surface area contributed by atoms with E-state index in [-0.39, 0.29) is 0 Å². The summed E-state index contributed by atoms with van der Waals surface area (Å²) in [5.41, 5.74) is -6.20. The van der Waals surface area contributed by atoms with Crippen LogP contribution in [0.2, 0.25) is 0 Å². The molecule has 0 bridgehead atoms. The summed E-state index contributed by atoms with van der Waals surface area (Å²) in [5.74, 6) is -2.54. The number of rotatable bonds is 5. The second kappa shape index (κ2) is 10.5. The number of nitrogens with zero attached hydrogens (tertiary/aromatic N) is 3. The molecule has 0 atom stereocenters. The lowest BCUT2D eigenvalue weighted by molar-refractivity contribution is 0.669. The highest BCUT2D eigenvalue weighted by atomic mass is 16.3. The Labute approximate surface area is 284 Å². The quantitative estimate of drug-likeness (QED) is 0.205. The van der Waals surface area contributed by atoms with E-state index in [0.717, 1.165) is 0 Å². The van der Waals surface area contributed by atoms with Crippen molar-refractivity contribution in [1.82, 2.24) is 15.0 Å². The van der Waals surface area contributed by atoms with Crippen LogP contribution < -0.4 is 0 Å². The van der Waals surface area contributed by atoms with Crippen LogP contribution in [0.4, 0.5) is 0 Å². The molecule has 0 N–H and O–H groups in total. The molecule has 0 radical (unpaired) electrons. The Balaban J connectivity index is 1.54. The first kappa shape index (κ1) is 10.1. The number of para-hydroxylation sites is 1. The molecule has 4 nitrogen and oxygen atoms in total. The maximum absolute atomic E-state index is 9.13. The van der Waals surface area contributed by atoms with Gasteiger partial charge in [0.15, 0.2) is 17.5 Å². The molecule has 0 fully saturated rings. The monoisotopic (exact) mass is 576 g/mol. The lowest BCUT2D eigenvalue weighted by Gasteiger charge is -2.10. The summed E-state index contributed by atoms with van der Waals surface area (Å²) in [4.78, 5) is 13.0. The number of hydrogen-bond acceptors (Lipinski definition) is 4. The molecule has 6 aromatic carbocycles. The maximum Gasteiger partial charge on any atom is 0.164 e. The van der Waals surface area contributed by atoms with Gasteiger partial charge in [0.05, 0.1) is 34.3 Å². The standard InChI is InChI=1S/C39H25N3O/c1-3-10-26(11-4-1)28-18-22-30(23-19-28)37-40-38(31-24-20-29(21-25-31)27-12-5-2-6-13-27)42-39(41-37)33-15-9-17-35-36(33)32-14-7-8-16-34(32)43-35/h1-25H/i1D,2D,3D,4D,5D,6D,7D,8D,9D,10D,11D,12D,13D,14D,15D,16D,17D,18D,19D,20D,21D,22D,23D,24D,25D. The highest BCUT2D eigenvalue weighted by Crippen LogP contribution is 2.36. The fourth-order valence-corrected chi connectivity index (χ4v) is 4.09. The molecule has 0 amide bonds. The van der Waals surface area contributed by atoms with Crippen LogP contribution >= 0.6 is 0 Å². The maximum atomic E-state index is 9.13. The predicted molar refractivity (Wildman–Crippen MR) is 174 cm³/mol. The van der Waals surface area contributed by atoms with Crippen molar-refractivity contribution in [2.75, 3.05) is 0 Å². The third-order valence-electron chi connectivity index (χ3n) is 6.00. The second-order valence-electron chi connectivity index (χ2n) is 8.57. The molecule has 4 heteroatoms. The Morgan fingerprint density at radius 1 is 0.372 bits per heavy atom. The number of hydrogen-bond donors (Lipinski definition) is 0. The lowest BCUT2D eigenvalue weighted by atomic mass is 10.0. The number of aromatic nitrogens is 3. The van der Waals surface area contributed by atoms with Gasteiger partial charge < -0.3 is 4.42 Å². The van der Waals surface area contributed by atoms with E-state index in [0.29, 0.717) is 0 Å². The van der Waals surface area contributed by atoms with Gasteiger partial charge in [-0.2, -0.15) is 0 Å². The van der Waals surface area contributed by atoms with Crippen LogP contribution in [-0.2, 0) is 0 Å². The minimum Gasteiger partial charge on any atom is -0.456 e. The summed E-state index contributed by atoms with van der Waals surface area (Å²) in [5, 5.41) is -0.862. The molecular formula is C39H25N3O. The van der Waals surface area contributed by atoms with Gasteiger partial charge in [0, 0.05) is 27.5 Å². The molecule has 0 spiro atoms. The van der Waals surface area contributed by atoms with Gasteiger partial charge in [-0.05, 0) is 34.3 Å². The van der Waals surface area contributed by atoms with Crippen LogP contribution in [0.3, 0.4) is 0 Å². The van der Waals surface area contributed by atoms with Crippen LogP contribution in [0, 0.1) is 0 Å². The van der Waals surface area contributed by atoms with Crippen LogP contribution in [0.25, 0.3) is 78.4 Å². The third-order valence-corrected chi connectivity index (χ3v) is 6.00. The van der Waals surface area contributed by atoms with Crippen molar-refractivity contribution in [3.8, 4) is 56.4 Å². The lowest BCUT2D eigenvalue weighted by Crippen LogP contribution is -2.00. The molecule has 0 unspecified atom stereocenters. The van der Waals surface area contributed by atoms with Crippen LogP contribution in [-0.4, -0.2) is 15.0 Å². The minimum absolute atomic E-state index is 0.425. The van der Waals surface area contributed by atoms with Crippen LogP contribution in [0.1, 0.15) is 34.3 Å². The molecule has 0 saturated carbocycles. The molecular weight excluding hydrogens is 526 g/mol. The van der Waals surface area contributed by atoms with E-state index in [1.54, 1.807) is 0 Å². The van der Waals surface area contributed by atoms with Crippen molar-refractivity contribution in [3.63, 3.8) is 0 Å². The highest BCUT2D eigenvalue weighted by Gasteiger charge is 2.17. The number of fused-ring (bicyclic) bond motifs is 3. The second-order valence-corrected chi connectivity index (χ2v) is 8.57. The minimum atomic E-state index is -1.01. The van der Waals surface area contributed by atoms with Gasteiger partial charge in [-0.15, -0.1) is 0 Å². The van der Waals surface area contributed by atoms with E-state index in [9.17, 15) is 0 Å². The number of benzene rings is 6. The molecule has 2 aromatic heterocycles. The molecule has 8 aromatic rings. The molecule has 2 heterocycles.